The van der Waals surface area contributed by atoms with Gasteiger partial charge < -0.3 is 0 Å². The molecule has 2 aliphatic carbocycles. The van der Waals surface area contributed by atoms with E-state index in [9.17, 15) is 19.2 Å². The molecule has 1 heterocycles. The monoisotopic (exact) mass is 654 g/mol. The summed E-state index contributed by atoms with van der Waals surface area (Å²) in [5, 5.41) is 2.30. The maximum Gasteiger partial charge on any atom is 0.273 e. The second kappa shape index (κ2) is 9.53. The number of carbonyl (C=O) groups excluding carboxylic acids is 4. The van der Waals surface area contributed by atoms with Crippen LogP contribution in [0.25, 0.3) is 0 Å². The van der Waals surface area contributed by atoms with E-state index in [1.54, 1.807) is 12.1 Å². The molecule has 6 nitrogen and oxygen atoms in total. The number of aryl methyl sites for hydroxylation is 2. The number of alkyl halides is 2. The smallest absolute Gasteiger partial charge is 0.273 e. The molecular formula is C26H22Br2Cl2N2O4. The van der Waals surface area contributed by atoms with E-state index >= 15 is 0 Å². The van der Waals surface area contributed by atoms with E-state index in [1.165, 1.54) is 18.2 Å². The van der Waals surface area contributed by atoms with Crippen molar-refractivity contribution in [1.82, 2.24) is 10.0 Å². The number of imide groups is 1. The van der Waals surface area contributed by atoms with Gasteiger partial charge >= 0.3 is 0 Å². The molecule has 0 radical (unpaired) electrons. The van der Waals surface area contributed by atoms with Crippen LogP contribution in [0.3, 0.4) is 0 Å². The summed E-state index contributed by atoms with van der Waals surface area (Å²) in [6, 6.07) is 9.55. The fraction of sp³-hybridized carbons (Fsp3) is 0.385. The summed E-state index contributed by atoms with van der Waals surface area (Å²) >= 11 is 19.5. The average molecular weight is 657 g/mol. The van der Waals surface area contributed by atoms with Crippen molar-refractivity contribution in [2.45, 2.75) is 29.9 Å². The Hall–Kier alpha value is -1.74. The van der Waals surface area contributed by atoms with Crippen molar-refractivity contribution in [3.63, 3.8) is 0 Å². The van der Waals surface area contributed by atoms with Crippen molar-refractivity contribution >= 4 is 78.6 Å². The minimum absolute atomic E-state index is 0.0248. The number of benzene rings is 2. The highest BCUT2D eigenvalue weighted by Crippen LogP contribution is 2.60. The van der Waals surface area contributed by atoms with Crippen LogP contribution >= 0.6 is 55.1 Å². The predicted octanol–water partition coefficient (Wildman–Crippen LogP) is 5.63. The number of hydrogen-bond donors (Lipinski definition) is 0. The molecule has 5 rings (SSSR count). The number of ketones is 1. The van der Waals surface area contributed by atoms with Crippen LogP contribution in [0.1, 0.15) is 38.3 Å². The molecule has 2 aromatic carbocycles. The molecule has 10 heteroatoms. The highest BCUT2D eigenvalue weighted by molar-refractivity contribution is 9.12. The van der Waals surface area contributed by atoms with Gasteiger partial charge in [-0.1, -0.05) is 67.2 Å². The second-order valence-corrected chi connectivity index (χ2v) is 12.6. The predicted molar refractivity (Wildman–Crippen MR) is 144 cm³/mol. The molecule has 6 atom stereocenters. The zero-order chi connectivity index (χ0) is 26.0. The molecule has 3 aliphatic rings. The van der Waals surface area contributed by atoms with E-state index in [4.69, 9.17) is 23.2 Å². The van der Waals surface area contributed by atoms with Gasteiger partial charge in [0.05, 0.1) is 21.9 Å². The summed E-state index contributed by atoms with van der Waals surface area (Å²) in [6.45, 7) is 3.36. The number of halogens is 4. The quantitative estimate of drug-likeness (QED) is 0.238. The Bertz CT molecular complexity index is 1290. The average Bonchev–Trinajstić information content (AvgIpc) is 3.45. The SMILES string of the molecule is Cc1ccc(C(=O)CN(C(=O)c2ccc(Cl)c(Cl)c2)N2C(=O)[C@@H]3[C@H]4C[C@@H]([C@@H](Br)[C@H]4Br)[C@H]3C2=O)cc1C. The molecule has 0 aromatic heterocycles. The van der Waals surface area contributed by atoms with Crippen LogP contribution < -0.4 is 0 Å². The Morgan fingerprint density at radius 3 is 2.03 bits per heavy atom. The molecular weight excluding hydrogens is 635 g/mol. The zero-order valence-electron chi connectivity index (χ0n) is 19.4. The summed E-state index contributed by atoms with van der Waals surface area (Å²) in [4.78, 5) is 54.5. The minimum atomic E-state index is -0.675. The number of amides is 3. The number of rotatable bonds is 5. The fourth-order valence-corrected chi connectivity index (χ4v) is 7.90. The van der Waals surface area contributed by atoms with E-state index < -0.39 is 36.1 Å². The van der Waals surface area contributed by atoms with Crippen LogP contribution in [0.2, 0.25) is 10.0 Å². The van der Waals surface area contributed by atoms with Crippen molar-refractivity contribution in [3.8, 4) is 0 Å². The Labute approximate surface area is 235 Å². The van der Waals surface area contributed by atoms with Gasteiger partial charge in [-0.15, -0.1) is 0 Å². The Morgan fingerprint density at radius 2 is 1.47 bits per heavy atom. The minimum Gasteiger partial charge on any atom is -0.292 e. The Balaban J connectivity index is 1.52. The van der Waals surface area contributed by atoms with E-state index in [0.29, 0.717) is 5.56 Å². The molecule has 1 saturated heterocycles. The molecule has 36 heavy (non-hydrogen) atoms. The Morgan fingerprint density at radius 1 is 0.889 bits per heavy atom. The number of nitrogens with zero attached hydrogens (tertiary/aromatic N) is 2. The van der Waals surface area contributed by atoms with Crippen LogP contribution in [-0.4, -0.2) is 49.7 Å². The van der Waals surface area contributed by atoms with Gasteiger partial charge in [-0.2, -0.15) is 5.01 Å². The number of Topliss-reactive ketones (excluding diaryl/α,β-unsaturated/α-hetero) is 1. The third kappa shape index (κ3) is 4.05. The van der Waals surface area contributed by atoms with E-state index in [1.807, 2.05) is 19.9 Å². The van der Waals surface area contributed by atoms with Gasteiger partial charge in [0.25, 0.3) is 17.7 Å². The topological polar surface area (TPSA) is 74.8 Å². The van der Waals surface area contributed by atoms with E-state index in [2.05, 4.69) is 31.9 Å². The lowest BCUT2D eigenvalue weighted by Gasteiger charge is -2.31. The lowest BCUT2D eigenvalue weighted by atomic mass is 9.81. The van der Waals surface area contributed by atoms with Crippen molar-refractivity contribution in [1.29, 1.82) is 0 Å². The third-order valence-electron chi connectivity index (χ3n) is 7.73. The molecule has 0 N–H and O–H groups in total. The lowest BCUT2D eigenvalue weighted by molar-refractivity contribution is -0.154. The largest absolute Gasteiger partial charge is 0.292 e. The van der Waals surface area contributed by atoms with Crippen LogP contribution in [0.5, 0.6) is 0 Å². The van der Waals surface area contributed by atoms with Gasteiger partial charge in [0.2, 0.25) is 0 Å². The maximum absolute atomic E-state index is 13.7. The first-order chi connectivity index (χ1) is 17.0. The van der Waals surface area contributed by atoms with Crippen LogP contribution in [0.15, 0.2) is 36.4 Å². The molecule has 2 bridgehead atoms. The highest BCUT2D eigenvalue weighted by atomic mass is 79.9. The first-order valence-corrected chi connectivity index (χ1v) is 14.1. The third-order valence-corrected chi connectivity index (χ3v) is 11.7. The molecule has 3 amide bonds. The van der Waals surface area contributed by atoms with Crippen molar-refractivity contribution in [3.05, 3.63) is 68.7 Å². The molecule has 0 unspecified atom stereocenters. The van der Waals surface area contributed by atoms with E-state index in [0.717, 1.165) is 27.6 Å². The summed E-state index contributed by atoms with van der Waals surface area (Å²) in [6.07, 6.45) is 0.759. The first-order valence-electron chi connectivity index (χ1n) is 11.5. The van der Waals surface area contributed by atoms with Gasteiger partial charge in [-0.25, -0.2) is 5.01 Å². The van der Waals surface area contributed by atoms with Gasteiger partial charge in [0.15, 0.2) is 5.78 Å². The van der Waals surface area contributed by atoms with Gasteiger partial charge in [0, 0.05) is 20.8 Å². The summed E-state index contributed by atoms with van der Waals surface area (Å²) < 4.78 is 0. The first kappa shape index (κ1) is 25.9. The van der Waals surface area contributed by atoms with Gasteiger partial charge in [0.1, 0.15) is 6.54 Å². The second-order valence-electron chi connectivity index (χ2n) is 9.71. The molecule has 2 saturated carbocycles. The molecule has 3 fully saturated rings. The molecule has 2 aromatic rings. The number of hydrazine groups is 1. The van der Waals surface area contributed by atoms with Crippen molar-refractivity contribution in [2.24, 2.45) is 23.7 Å². The maximum atomic E-state index is 13.7. The van der Waals surface area contributed by atoms with Crippen LogP contribution in [0, 0.1) is 37.5 Å². The number of carbonyl (C=O) groups is 4. The van der Waals surface area contributed by atoms with Crippen molar-refractivity contribution < 1.29 is 19.2 Å². The van der Waals surface area contributed by atoms with Gasteiger partial charge in [-0.05, 0) is 67.5 Å². The zero-order valence-corrected chi connectivity index (χ0v) is 24.1. The standard InChI is InChI=1S/C26H22Br2Cl2N2O4/c1-11-3-4-13(7-12(11)2)19(33)10-31(24(34)14-5-6-17(29)18(30)8-14)32-25(35)20-15-9-16(21(20)26(32)36)23(28)22(15)27/h3-8,15-16,20-23H,9-10H2,1-2H3/t15-,16-,20-,21-,22-,23+/m1/s1. The summed E-state index contributed by atoms with van der Waals surface area (Å²) in [5.41, 5.74) is 2.46. The van der Waals surface area contributed by atoms with Crippen LogP contribution in [-0.2, 0) is 9.59 Å². The molecule has 0 spiro atoms. The highest BCUT2D eigenvalue weighted by Gasteiger charge is 2.67. The van der Waals surface area contributed by atoms with Gasteiger partial charge in [-0.3, -0.25) is 19.2 Å². The molecule has 188 valence electrons. The normalized spacial score (nSPS) is 28.6. The van der Waals surface area contributed by atoms with E-state index in [-0.39, 0.29) is 42.9 Å². The van der Waals surface area contributed by atoms with Crippen molar-refractivity contribution in [2.75, 3.05) is 6.54 Å². The van der Waals surface area contributed by atoms with Crippen LogP contribution in [0.4, 0.5) is 0 Å². The summed E-state index contributed by atoms with van der Waals surface area (Å²) in [5.74, 6) is -3.05. The number of hydrogen-bond acceptors (Lipinski definition) is 4. The fourth-order valence-electron chi connectivity index (χ4n) is 5.72. The summed E-state index contributed by atoms with van der Waals surface area (Å²) in [7, 11) is 0. The lowest BCUT2D eigenvalue weighted by Crippen LogP contribution is -2.52. The Kier molecular flexibility index (Phi) is 6.86. The number of fused-ring (bicyclic) bond motifs is 5. The molecule has 1 aliphatic heterocycles.